The van der Waals surface area contributed by atoms with Gasteiger partial charge in [-0.15, -0.1) is 11.3 Å². The van der Waals surface area contributed by atoms with Gasteiger partial charge in [0.25, 0.3) is 5.56 Å². The minimum absolute atomic E-state index is 0.301. The molecule has 1 atom stereocenters. The summed E-state index contributed by atoms with van der Waals surface area (Å²) in [7, 11) is 0. The zero-order valence-electron chi connectivity index (χ0n) is 13.5. The van der Waals surface area contributed by atoms with Crippen molar-refractivity contribution in [1.29, 1.82) is 0 Å². The van der Waals surface area contributed by atoms with Gasteiger partial charge >= 0.3 is 5.97 Å². The summed E-state index contributed by atoms with van der Waals surface area (Å²) in [6.45, 7) is 3.84. The lowest BCUT2D eigenvalue weighted by atomic mass is 10.0. The molecule has 124 valence electrons. The Morgan fingerprint density at radius 2 is 2.00 bits per heavy atom. The number of nitrogens with zero attached hydrogens (tertiary/aromatic N) is 2. The summed E-state index contributed by atoms with van der Waals surface area (Å²) >= 11 is 1.40. The van der Waals surface area contributed by atoms with Crippen LogP contribution in [0, 0.1) is 0 Å². The van der Waals surface area contributed by atoms with Crippen molar-refractivity contribution in [3.05, 3.63) is 51.9 Å². The van der Waals surface area contributed by atoms with Crippen LogP contribution >= 0.6 is 11.3 Å². The number of aromatic nitrogens is 2. The topological polar surface area (TPSA) is 72.2 Å². The van der Waals surface area contributed by atoms with E-state index in [1.807, 2.05) is 29.6 Å². The van der Waals surface area contributed by atoms with E-state index >= 15 is 0 Å². The van der Waals surface area contributed by atoms with Crippen LogP contribution in [0.2, 0.25) is 0 Å². The molecule has 24 heavy (non-hydrogen) atoms. The average Bonchev–Trinajstić information content (AvgIpc) is 3.02. The van der Waals surface area contributed by atoms with Crippen molar-refractivity contribution in [3.63, 3.8) is 0 Å². The van der Waals surface area contributed by atoms with Crippen molar-refractivity contribution in [2.45, 2.75) is 32.7 Å². The molecule has 2 aromatic heterocycles. The summed E-state index contributed by atoms with van der Waals surface area (Å²) in [6, 6.07) is 7.17. The molecule has 6 heteroatoms. The molecular weight excluding hydrogens is 324 g/mol. The second-order valence-electron chi connectivity index (χ2n) is 5.60. The van der Waals surface area contributed by atoms with E-state index in [1.165, 1.54) is 27.8 Å². The number of carboxylic acid groups (broad SMARTS) is 1. The lowest BCUT2D eigenvalue weighted by molar-refractivity contribution is -0.141. The predicted octanol–water partition coefficient (Wildman–Crippen LogP) is 3.72. The van der Waals surface area contributed by atoms with Crippen LogP contribution in [0.25, 0.3) is 21.3 Å². The normalized spacial score (nSPS) is 12.4. The van der Waals surface area contributed by atoms with Crippen molar-refractivity contribution in [2.24, 2.45) is 0 Å². The molecule has 0 saturated heterocycles. The fourth-order valence-electron chi connectivity index (χ4n) is 2.79. The molecule has 0 aliphatic heterocycles. The third kappa shape index (κ3) is 2.73. The number of thiophene rings is 1. The molecule has 0 radical (unpaired) electrons. The number of aliphatic carboxylic acids is 1. The summed E-state index contributed by atoms with van der Waals surface area (Å²) in [5.41, 5.74) is 2.68. The molecule has 0 unspecified atom stereocenters. The molecule has 0 amide bonds. The van der Waals surface area contributed by atoms with Crippen LogP contribution in [-0.2, 0) is 11.2 Å². The first-order valence-corrected chi connectivity index (χ1v) is 8.75. The van der Waals surface area contributed by atoms with E-state index in [4.69, 9.17) is 0 Å². The maximum atomic E-state index is 12.9. The number of hydrogen-bond acceptors (Lipinski definition) is 4. The van der Waals surface area contributed by atoms with E-state index in [1.54, 1.807) is 6.92 Å². The Morgan fingerprint density at radius 3 is 2.58 bits per heavy atom. The first-order chi connectivity index (χ1) is 11.6. The second kappa shape index (κ2) is 6.57. The third-order valence-electron chi connectivity index (χ3n) is 4.20. The first-order valence-electron chi connectivity index (χ1n) is 7.87. The standard InChI is InChI=1S/C18H18N2O3S/c1-3-11-5-7-12(8-6-11)13-9-24-16-15(13)17(21)20(10-19-16)14(4-2)18(22)23/h5-10,14H,3-4H2,1-2H3,(H,22,23)/t14-/m1/s1. The van der Waals surface area contributed by atoms with Gasteiger partial charge in [-0.2, -0.15) is 0 Å². The zero-order chi connectivity index (χ0) is 17.3. The predicted molar refractivity (Wildman–Crippen MR) is 95.7 cm³/mol. The van der Waals surface area contributed by atoms with Crippen molar-refractivity contribution in [2.75, 3.05) is 0 Å². The van der Waals surface area contributed by atoms with Crippen molar-refractivity contribution >= 4 is 27.5 Å². The lowest BCUT2D eigenvalue weighted by Crippen LogP contribution is -2.29. The van der Waals surface area contributed by atoms with E-state index < -0.39 is 12.0 Å². The number of hydrogen-bond donors (Lipinski definition) is 1. The highest BCUT2D eigenvalue weighted by atomic mass is 32.1. The molecular formula is C18H18N2O3S. The molecule has 0 bridgehead atoms. The molecule has 0 saturated carbocycles. The smallest absolute Gasteiger partial charge is 0.326 e. The number of carboxylic acids is 1. The highest BCUT2D eigenvalue weighted by Gasteiger charge is 2.21. The third-order valence-corrected chi connectivity index (χ3v) is 5.09. The van der Waals surface area contributed by atoms with Gasteiger partial charge in [-0.25, -0.2) is 9.78 Å². The van der Waals surface area contributed by atoms with Gasteiger partial charge in [0, 0.05) is 10.9 Å². The molecule has 3 aromatic rings. The van der Waals surface area contributed by atoms with Gasteiger partial charge in [0.05, 0.1) is 11.7 Å². The molecule has 0 fully saturated rings. The molecule has 0 aliphatic rings. The Bertz CT molecular complexity index is 941. The van der Waals surface area contributed by atoms with Gasteiger partial charge < -0.3 is 5.11 Å². The maximum absolute atomic E-state index is 12.9. The molecule has 5 nitrogen and oxygen atoms in total. The summed E-state index contributed by atoms with van der Waals surface area (Å²) in [5, 5.41) is 11.7. The van der Waals surface area contributed by atoms with Gasteiger partial charge in [0.15, 0.2) is 0 Å². The minimum atomic E-state index is -1.02. The molecule has 1 aromatic carbocycles. The fraction of sp³-hybridized carbons (Fsp3) is 0.278. The zero-order valence-corrected chi connectivity index (χ0v) is 14.3. The minimum Gasteiger partial charge on any atom is -0.480 e. The quantitative estimate of drug-likeness (QED) is 0.767. The van der Waals surface area contributed by atoms with Gasteiger partial charge in [-0.3, -0.25) is 9.36 Å². The van der Waals surface area contributed by atoms with Crippen LogP contribution in [0.15, 0.2) is 40.8 Å². The summed E-state index contributed by atoms with van der Waals surface area (Å²) in [4.78, 5) is 29.2. The van der Waals surface area contributed by atoms with Crippen LogP contribution < -0.4 is 5.56 Å². The van der Waals surface area contributed by atoms with Gasteiger partial charge in [-0.1, -0.05) is 38.1 Å². The molecule has 2 heterocycles. The van der Waals surface area contributed by atoms with Crippen LogP contribution in [0.5, 0.6) is 0 Å². The van der Waals surface area contributed by atoms with E-state index in [-0.39, 0.29) is 5.56 Å². The van der Waals surface area contributed by atoms with E-state index in [2.05, 4.69) is 11.9 Å². The summed E-state index contributed by atoms with van der Waals surface area (Å²) in [6.07, 6.45) is 2.62. The van der Waals surface area contributed by atoms with Crippen LogP contribution in [0.4, 0.5) is 0 Å². The van der Waals surface area contributed by atoms with Gasteiger partial charge in [-0.05, 0) is 24.0 Å². The van der Waals surface area contributed by atoms with Gasteiger partial charge in [0.1, 0.15) is 10.9 Å². The molecule has 1 N–H and O–H groups in total. The Morgan fingerprint density at radius 1 is 1.29 bits per heavy atom. The Labute approximate surface area is 143 Å². The molecule has 0 spiro atoms. The largest absolute Gasteiger partial charge is 0.480 e. The summed E-state index contributed by atoms with van der Waals surface area (Å²) in [5.74, 6) is -1.02. The second-order valence-corrected chi connectivity index (χ2v) is 6.46. The number of aryl methyl sites for hydroxylation is 1. The highest BCUT2D eigenvalue weighted by molar-refractivity contribution is 7.17. The number of fused-ring (bicyclic) bond motifs is 1. The molecule has 0 aliphatic carbocycles. The number of rotatable bonds is 5. The van der Waals surface area contributed by atoms with E-state index in [0.717, 1.165) is 17.5 Å². The number of benzene rings is 1. The monoisotopic (exact) mass is 342 g/mol. The van der Waals surface area contributed by atoms with Crippen LogP contribution in [0.1, 0.15) is 31.9 Å². The first kappa shape index (κ1) is 16.4. The Hall–Kier alpha value is -2.47. The van der Waals surface area contributed by atoms with Crippen LogP contribution in [0.3, 0.4) is 0 Å². The van der Waals surface area contributed by atoms with Crippen molar-refractivity contribution in [3.8, 4) is 11.1 Å². The van der Waals surface area contributed by atoms with E-state index in [0.29, 0.717) is 16.6 Å². The average molecular weight is 342 g/mol. The number of carbonyl (C=O) groups is 1. The van der Waals surface area contributed by atoms with Crippen molar-refractivity contribution < 1.29 is 9.90 Å². The van der Waals surface area contributed by atoms with Crippen LogP contribution in [-0.4, -0.2) is 20.6 Å². The fourth-order valence-corrected chi connectivity index (χ4v) is 3.70. The SMILES string of the molecule is CCc1ccc(-c2csc3ncn([C@H](CC)C(=O)O)c(=O)c23)cc1. The summed E-state index contributed by atoms with van der Waals surface area (Å²) < 4.78 is 1.22. The maximum Gasteiger partial charge on any atom is 0.326 e. The lowest BCUT2D eigenvalue weighted by Gasteiger charge is -2.13. The highest BCUT2D eigenvalue weighted by Crippen LogP contribution is 2.31. The Kier molecular flexibility index (Phi) is 4.49. The Balaban J connectivity index is 2.20. The van der Waals surface area contributed by atoms with Gasteiger partial charge in [0.2, 0.25) is 0 Å². The van der Waals surface area contributed by atoms with Crippen molar-refractivity contribution in [1.82, 2.24) is 9.55 Å². The molecule has 3 rings (SSSR count). The van der Waals surface area contributed by atoms with E-state index in [9.17, 15) is 14.7 Å².